The van der Waals surface area contributed by atoms with Crippen molar-refractivity contribution in [1.82, 2.24) is 4.90 Å². The summed E-state index contributed by atoms with van der Waals surface area (Å²) in [5, 5.41) is 3.55. The Hall–Kier alpha value is -2.78. The highest BCUT2D eigenvalue weighted by atomic mass is 79.9. The SMILES string of the molecule is O=C(COc1ccc(/C=C2\SC(=O)N(Cc3ccc(Cl)cc3)C2=O)cc1Br)Nc1ccc(Cl)cc1. The zero-order chi connectivity index (χ0) is 24.9. The summed E-state index contributed by atoms with van der Waals surface area (Å²) in [5.41, 5.74) is 2.12. The van der Waals surface area contributed by atoms with Gasteiger partial charge in [-0.2, -0.15) is 0 Å². The third-order valence-electron chi connectivity index (χ3n) is 4.87. The van der Waals surface area contributed by atoms with Crippen molar-refractivity contribution in [2.24, 2.45) is 0 Å². The molecule has 0 aliphatic carbocycles. The lowest BCUT2D eigenvalue weighted by Crippen LogP contribution is -2.27. The number of carbonyl (C=O) groups is 3. The molecule has 35 heavy (non-hydrogen) atoms. The van der Waals surface area contributed by atoms with E-state index >= 15 is 0 Å². The summed E-state index contributed by atoms with van der Waals surface area (Å²) in [7, 11) is 0. The van der Waals surface area contributed by atoms with E-state index < -0.39 is 0 Å². The van der Waals surface area contributed by atoms with E-state index in [1.165, 1.54) is 4.90 Å². The average Bonchev–Trinajstić information content (AvgIpc) is 3.08. The number of rotatable bonds is 7. The van der Waals surface area contributed by atoms with Crippen molar-refractivity contribution < 1.29 is 19.1 Å². The van der Waals surface area contributed by atoms with Crippen LogP contribution in [0.4, 0.5) is 10.5 Å². The van der Waals surface area contributed by atoms with Crippen LogP contribution < -0.4 is 10.1 Å². The number of anilines is 1. The number of hydrogen-bond acceptors (Lipinski definition) is 5. The van der Waals surface area contributed by atoms with Gasteiger partial charge in [0.1, 0.15) is 5.75 Å². The van der Waals surface area contributed by atoms with Gasteiger partial charge in [-0.1, -0.05) is 41.4 Å². The van der Waals surface area contributed by atoms with E-state index in [4.69, 9.17) is 27.9 Å². The maximum atomic E-state index is 12.8. The topological polar surface area (TPSA) is 75.7 Å². The van der Waals surface area contributed by atoms with Crippen LogP contribution in [0.3, 0.4) is 0 Å². The first-order valence-corrected chi connectivity index (χ1v) is 12.6. The fraction of sp³-hybridized carbons (Fsp3) is 0.0800. The normalized spacial score (nSPS) is 14.5. The fourth-order valence-corrected chi connectivity index (χ4v) is 4.76. The number of ether oxygens (including phenoxy) is 1. The lowest BCUT2D eigenvalue weighted by Gasteiger charge is -2.12. The largest absolute Gasteiger partial charge is 0.483 e. The lowest BCUT2D eigenvalue weighted by atomic mass is 10.2. The molecule has 0 bridgehead atoms. The van der Waals surface area contributed by atoms with Gasteiger partial charge in [-0.15, -0.1) is 0 Å². The van der Waals surface area contributed by atoms with Crippen molar-refractivity contribution in [1.29, 1.82) is 0 Å². The minimum Gasteiger partial charge on any atom is -0.483 e. The van der Waals surface area contributed by atoms with Crippen LogP contribution in [0.5, 0.6) is 5.75 Å². The highest BCUT2D eigenvalue weighted by Gasteiger charge is 2.35. The third kappa shape index (κ3) is 6.67. The monoisotopic (exact) mass is 590 g/mol. The van der Waals surface area contributed by atoms with Crippen LogP contribution in [-0.4, -0.2) is 28.6 Å². The summed E-state index contributed by atoms with van der Waals surface area (Å²) in [6.45, 7) is -0.0160. The molecule has 6 nitrogen and oxygen atoms in total. The van der Waals surface area contributed by atoms with Crippen molar-refractivity contribution in [3.63, 3.8) is 0 Å². The van der Waals surface area contributed by atoms with Gasteiger partial charge in [0.25, 0.3) is 17.1 Å². The molecule has 3 amide bonds. The van der Waals surface area contributed by atoms with E-state index in [0.717, 1.165) is 17.3 Å². The first-order valence-electron chi connectivity index (χ1n) is 10.3. The van der Waals surface area contributed by atoms with Crippen LogP contribution in [0.1, 0.15) is 11.1 Å². The molecule has 0 spiro atoms. The second-order valence-corrected chi connectivity index (χ2v) is 10.1. The zero-order valence-corrected chi connectivity index (χ0v) is 21.9. The number of nitrogens with zero attached hydrogens (tertiary/aromatic N) is 1. The summed E-state index contributed by atoms with van der Waals surface area (Å²) in [5.74, 6) is -0.216. The molecular formula is C25H17BrCl2N2O4S. The van der Waals surface area contributed by atoms with Crippen LogP contribution >= 0.6 is 50.9 Å². The Morgan fingerprint density at radius 2 is 1.66 bits per heavy atom. The molecule has 4 rings (SSSR count). The number of carbonyl (C=O) groups excluding carboxylic acids is 3. The van der Waals surface area contributed by atoms with Gasteiger partial charge >= 0.3 is 0 Å². The van der Waals surface area contributed by atoms with E-state index in [9.17, 15) is 14.4 Å². The standard InChI is InChI=1S/C25H17BrCl2N2O4S/c26-20-11-16(3-10-21(20)34-14-23(31)29-19-8-6-18(28)7-9-19)12-22-24(32)30(25(33)35-22)13-15-1-4-17(27)5-2-15/h1-12H,13-14H2,(H,29,31)/b22-12-. The second-order valence-electron chi connectivity index (χ2n) is 7.43. The summed E-state index contributed by atoms with van der Waals surface area (Å²) in [6.07, 6.45) is 1.65. The lowest BCUT2D eigenvalue weighted by molar-refractivity contribution is -0.123. The molecule has 10 heteroatoms. The van der Waals surface area contributed by atoms with Gasteiger partial charge < -0.3 is 10.1 Å². The smallest absolute Gasteiger partial charge is 0.293 e. The number of amides is 3. The predicted molar refractivity (Wildman–Crippen MR) is 143 cm³/mol. The second kappa shape index (κ2) is 11.3. The number of nitrogens with one attached hydrogen (secondary N) is 1. The quantitative estimate of drug-likeness (QED) is 0.299. The molecule has 0 atom stereocenters. The molecule has 3 aromatic carbocycles. The van der Waals surface area contributed by atoms with Crippen molar-refractivity contribution in [3.05, 3.63) is 97.3 Å². The number of thioether (sulfide) groups is 1. The number of imide groups is 1. The molecular weight excluding hydrogens is 575 g/mol. The highest BCUT2D eigenvalue weighted by molar-refractivity contribution is 9.10. The predicted octanol–water partition coefficient (Wildman–Crippen LogP) is 7.01. The van der Waals surface area contributed by atoms with Crippen molar-refractivity contribution in [3.8, 4) is 5.75 Å². The zero-order valence-electron chi connectivity index (χ0n) is 18.0. The van der Waals surface area contributed by atoms with Crippen molar-refractivity contribution in [2.75, 3.05) is 11.9 Å². The van der Waals surface area contributed by atoms with Gasteiger partial charge in [0.2, 0.25) is 0 Å². The molecule has 0 radical (unpaired) electrons. The Labute approximate surface area is 224 Å². The maximum Gasteiger partial charge on any atom is 0.293 e. The molecule has 1 heterocycles. The molecule has 3 aromatic rings. The van der Waals surface area contributed by atoms with E-state index in [1.807, 2.05) is 0 Å². The van der Waals surface area contributed by atoms with Crippen LogP contribution in [0, 0.1) is 0 Å². The molecule has 1 aliphatic heterocycles. The van der Waals surface area contributed by atoms with Gasteiger partial charge in [-0.3, -0.25) is 19.3 Å². The molecule has 0 saturated carbocycles. The molecule has 0 aromatic heterocycles. The molecule has 1 saturated heterocycles. The van der Waals surface area contributed by atoms with E-state index in [-0.39, 0.29) is 30.2 Å². The van der Waals surface area contributed by atoms with Crippen LogP contribution in [0.15, 0.2) is 76.1 Å². The molecule has 0 unspecified atom stereocenters. The first kappa shape index (κ1) is 25.3. The van der Waals surface area contributed by atoms with E-state index in [2.05, 4.69) is 21.2 Å². The first-order chi connectivity index (χ1) is 16.8. The summed E-state index contributed by atoms with van der Waals surface area (Å²) in [6, 6.07) is 18.9. The Morgan fingerprint density at radius 1 is 1.00 bits per heavy atom. The van der Waals surface area contributed by atoms with Gasteiger partial charge in [-0.25, -0.2) is 0 Å². The van der Waals surface area contributed by atoms with Gasteiger partial charge in [0, 0.05) is 15.7 Å². The fourth-order valence-electron chi connectivity index (χ4n) is 3.16. The number of benzene rings is 3. The van der Waals surface area contributed by atoms with Crippen molar-refractivity contribution >= 4 is 79.7 Å². The molecule has 178 valence electrons. The van der Waals surface area contributed by atoms with E-state index in [1.54, 1.807) is 72.8 Å². The van der Waals surface area contributed by atoms with Gasteiger partial charge in [-0.05, 0) is 93.4 Å². The molecule has 1 aliphatic rings. The van der Waals surface area contributed by atoms with Crippen LogP contribution in [-0.2, 0) is 16.1 Å². The Morgan fingerprint density at radius 3 is 2.31 bits per heavy atom. The summed E-state index contributed by atoms with van der Waals surface area (Å²) in [4.78, 5) is 38.9. The van der Waals surface area contributed by atoms with Crippen LogP contribution in [0.25, 0.3) is 6.08 Å². The average molecular weight is 592 g/mol. The number of halogens is 3. The Kier molecular flexibility index (Phi) is 8.18. The van der Waals surface area contributed by atoms with Crippen LogP contribution in [0.2, 0.25) is 10.0 Å². The third-order valence-corrected chi connectivity index (χ3v) is 6.90. The number of hydrogen-bond donors (Lipinski definition) is 1. The maximum absolute atomic E-state index is 12.8. The minimum absolute atomic E-state index is 0.174. The van der Waals surface area contributed by atoms with E-state index in [0.29, 0.717) is 36.4 Å². The molecule has 1 N–H and O–H groups in total. The summed E-state index contributed by atoms with van der Waals surface area (Å²) >= 11 is 16.1. The van der Waals surface area contributed by atoms with Crippen molar-refractivity contribution in [2.45, 2.75) is 6.54 Å². The van der Waals surface area contributed by atoms with Gasteiger partial charge in [0.05, 0.1) is 15.9 Å². The molecule has 1 fully saturated rings. The highest BCUT2D eigenvalue weighted by Crippen LogP contribution is 2.35. The Balaban J connectivity index is 1.37. The van der Waals surface area contributed by atoms with Gasteiger partial charge in [0.15, 0.2) is 6.61 Å². The summed E-state index contributed by atoms with van der Waals surface area (Å²) < 4.78 is 6.20. The Bertz CT molecular complexity index is 1310. The minimum atomic E-state index is -0.356.